The molecule has 16 heteroatoms. The van der Waals surface area contributed by atoms with Gasteiger partial charge in [0.1, 0.15) is 11.6 Å². The number of carboxylic acids is 1. The lowest BCUT2D eigenvalue weighted by Gasteiger charge is -2.36. The van der Waals surface area contributed by atoms with Crippen LogP contribution in [-0.2, 0) is 25.7 Å². The minimum atomic E-state index is -1.74. The van der Waals surface area contributed by atoms with Gasteiger partial charge in [-0.3, -0.25) is 24.2 Å². The van der Waals surface area contributed by atoms with Crippen LogP contribution in [0.25, 0.3) is 21.8 Å². The highest BCUT2D eigenvalue weighted by Crippen LogP contribution is 2.42. The number of fused-ring (bicyclic) bond motifs is 3. The molecule has 1 unspecified atom stereocenters. The average molecular weight is 752 g/mol. The molecule has 3 rings (SSSR count). The van der Waals surface area contributed by atoms with Gasteiger partial charge in [0.15, 0.2) is 11.7 Å². The number of nitrogens with two attached hydrogens (primary N) is 5. The Balaban J connectivity index is 2.71. The van der Waals surface area contributed by atoms with Gasteiger partial charge in [-0.15, -0.1) is 0 Å². The second kappa shape index (κ2) is 17.8. The summed E-state index contributed by atoms with van der Waals surface area (Å²) in [5, 5.41) is 14.2. The number of amides is 2. The van der Waals surface area contributed by atoms with E-state index in [2.05, 4.69) is 10.3 Å². The zero-order valence-corrected chi connectivity index (χ0v) is 32.5. The summed E-state index contributed by atoms with van der Waals surface area (Å²) in [4.78, 5) is 75.4. The van der Waals surface area contributed by atoms with Crippen LogP contribution in [-0.4, -0.2) is 88.0 Å². The fourth-order valence-corrected chi connectivity index (χ4v) is 6.48. The van der Waals surface area contributed by atoms with Crippen molar-refractivity contribution < 1.29 is 33.8 Å². The molecule has 0 aliphatic heterocycles. The van der Waals surface area contributed by atoms with Gasteiger partial charge in [-0.25, -0.2) is 4.79 Å². The second-order valence-corrected chi connectivity index (χ2v) is 15.1. The Hall–Kier alpha value is -5.06. The summed E-state index contributed by atoms with van der Waals surface area (Å²) in [6, 6.07) is 3.49. The van der Waals surface area contributed by atoms with Crippen LogP contribution >= 0.6 is 0 Å². The third-order valence-electron chi connectivity index (χ3n) is 9.01. The van der Waals surface area contributed by atoms with Crippen molar-refractivity contribution in [2.45, 2.75) is 105 Å². The molecule has 0 fully saturated rings. The number of carbonyl (C=O) groups excluding carboxylic acids is 4. The molecule has 2 aromatic carbocycles. The number of Topliss-reactive ketones (excluding diaryl/α,β-unsaturated/α-hetero) is 1. The number of nitrogens with one attached hydrogen (secondary N) is 1. The first kappa shape index (κ1) is 43.3. The van der Waals surface area contributed by atoms with Crippen molar-refractivity contribution in [2.75, 3.05) is 18.0 Å². The number of ketones is 1. The van der Waals surface area contributed by atoms with Crippen molar-refractivity contribution in [3.8, 4) is 0 Å². The molecule has 2 amide bonds. The van der Waals surface area contributed by atoms with Gasteiger partial charge >= 0.3 is 11.9 Å². The summed E-state index contributed by atoms with van der Waals surface area (Å²) in [5.41, 5.74) is 29.2. The van der Waals surface area contributed by atoms with Crippen LogP contribution in [0.5, 0.6) is 0 Å². The van der Waals surface area contributed by atoms with Crippen molar-refractivity contribution in [3.05, 3.63) is 41.5 Å². The molecule has 0 aliphatic rings. The monoisotopic (exact) mass is 751 g/mol. The lowest BCUT2D eigenvalue weighted by molar-refractivity contribution is -0.139. The van der Waals surface area contributed by atoms with Crippen LogP contribution in [0.4, 0.5) is 5.69 Å². The van der Waals surface area contributed by atoms with Gasteiger partial charge in [0.2, 0.25) is 11.8 Å². The largest absolute Gasteiger partial charge is 0.480 e. The molecule has 0 aliphatic carbocycles. The maximum absolute atomic E-state index is 15.4. The number of esters is 1. The van der Waals surface area contributed by atoms with Crippen molar-refractivity contribution in [1.82, 2.24) is 9.88 Å². The number of carbonyl (C=O) groups is 5. The Kier molecular flexibility index (Phi) is 14.3. The Morgan fingerprint density at radius 3 is 2.15 bits per heavy atom. The predicted octanol–water partition coefficient (Wildman–Crippen LogP) is 2.20. The van der Waals surface area contributed by atoms with Crippen LogP contribution in [0.3, 0.4) is 0 Å². The lowest BCUT2D eigenvalue weighted by Crippen LogP contribution is -2.56. The highest BCUT2D eigenvalue weighted by Gasteiger charge is 2.41. The van der Waals surface area contributed by atoms with E-state index in [4.69, 9.17) is 33.4 Å². The van der Waals surface area contributed by atoms with Gasteiger partial charge < -0.3 is 53.3 Å². The normalized spacial score (nSPS) is 14.1. The van der Waals surface area contributed by atoms with Gasteiger partial charge in [0.25, 0.3) is 0 Å². The summed E-state index contributed by atoms with van der Waals surface area (Å²) < 4.78 is 7.74. The minimum Gasteiger partial charge on any atom is -0.480 e. The first-order valence-electron chi connectivity index (χ1n) is 18.1. The van der Waals surface area contributed by atoms with Gasteiger partial charge in [0.05, 0.1) is 47.0 Å². The highest BCUT2D eigenvalue weighted by molar-refractivity contribution is 6.25. The molecular weight excluding hydrogens is 694 g/mol. The van der Waals surface area contributed by atoms with Gasteiger partial charge in [-0.05, 0) is 64.5 Å². The first-order valence-corrected chi connectivity index (χ1v) is 18.1. The number of para-hydroxylation sites is 1. The van der Waals surface area contributed by atoms with Crippen LogP contribution < -0.4 is 38.9 Å². The molecule has 3 aromatic rings. The molecule has 0 bridgehead atoms. The van der Waals surface area contributed by atoms with Gasteiger partial charge in [0, 0.05) is 29.4 Å². The van der Waals surface area contributed by atoms with E-state index in [0.717, 1.165) is 4.90 Å². The smallest absolute Gasteiger partial charge is 0.339 e. The maximum atomic E-state index is 15.4. The van der Waals surface area contributed by atoms with Gasteiger partial charge in [-0.2, -0.15) is 0 Å². The standard InChI is InChI=1S/C38H57N9O7/c1-9-46-25-13-11-10-12-21(25)22-17-23(36(53)54-38(6,7)8)28(33(49)24(16-19(2)3)45-34(50)29(40)20(4)5)32(31(22)46)47(27(48)18-39)26(30(41)35(51)52)14-15-44-37(42)43/h10-13,17,19-20,24,26,29-30H,9,14-16,18,39-41H2,1-8H3,(H,45,50)(H,51,52)(H4,42,43,44)/t24-,26?,29-,30-/m0/s1. The zero-order chi connectivity index (χ0) is 40.8. The van der Waals surface area contributed by atoms with E-state index in [0.29, 0.717) is 28.4 Å². The summed E-state index contributed by atoms with van der Waals surface area (Å²) in [7, 11) is 0. The topological polar surface area (TPSA) is 277 Å². The van der Waals surface area contributed by atoms with E-state index in [1.165, 1.54) is 0 Å². The average Bonchev–Trinajstić information content (AvgIpc) is 3.41. The summed E-state index contributed by atoms with van der Waals surface area (Å²) >= 11 is 0. The fourth-order valence-electron chi connectivity index (χ4n) is 6.48. The number of aliphatic carboxylic acids is 1. The number of rotatable bonds is 17. The molecule has 0 spiro atoms. The van der Waals surface area contributed by atoms with Crippen molar-refractivity contribution in [1.29, 1.82) is 0 Å². The molecule has 296 valence electrons. The number of anilines is 1. The van der Waals surface area contributed by atoms with Crippen LogP contribution in [0.15, 0.2) is 35.3 Å². The number of benzene rings is 2. The Morgan fingerprint density at radius 1 is 1.00 bits per heavy atom. The minimum absolute atomic E-state index is 0.116. The van der Waals surface area contributed by atoms with E-state index in [1.807, 2.05) is 43.5 Å². The van der Waals surface area contributed by atoms with Crippen molar-refractivity contribution in [2.24, 2.45) is 45.5 Å². The third kappa shape index (κ3) is 9.72. The van der Waals surface area contributed by atoms with Crippen molar-refractivity contribution >= 4 is 63.0 Å². The number of ether oxygens (including phenoxy) is 1. The SMILES string of the molecule is CCn1c2ccccc2c2cc(C(=O)OC(C)(C)C)c(C(=O)[C@H](CC(C)C)NC(=O)[C@@H](N)C(C)C)c(N(C(=O)CN)C(CCN=C(N)N)[C@H](N)C(=O)O)c21. The van der Waals surface area contributed by atoms with E-state index in [9.17, 15) is 24.3 Å². The maximum Gasteiger partial charge on any atom is 0.339 e. The fraction of sp³-hybridized carbons (Fsp3) is 0.526. The molecule has 0 saturated heterocycles. The first-order chi connectivity index (χ1) is 25.2. The molecule has 0 saturated carbocycles. The molecule has 54 heavy (non-hydrogen) atoms. The van der Waals surface area contributed by atoms with Gasteiger partial charge in [-0.1, -0.05) is 45.9 Å². The quantitative estimate of drug-likeness (QED) is 0.0453. The number of aliphatic imine (C=N–C) groups is 1. The Morgan fingerprint density at radius 2 is 1.63 bits per heavy atom. The second-order valence-electron chi connectivity index (χ2n) is 15.1. The molecular formula is C38H57N9O7. The Labute approximate surface area is 315 Å². The molecule has 4 atom stereocenters. The highest BCUT2D eigenvalue weighted by atomic mass is 16.6. The van der Waals surface area contributed by atoms with E-state index in [1.54, 1.807) is 46.8 Å². The van der Waals surface area contributed by atoms with Crippen LogP contribution in [0.2, 0.25) is 0 Å². The summed E-state index contributed by atoms with van der Waals surface area (Å²) in [6.45, 7) is 13.6. The summed E-state index contributed by atoms with van der Waals surface area (Å²) in [5.74, 6) is -5.19. The molecule has 12 N–H and O–H groups in total. The van der Waals surface area contributed by atoms with Crippen LogP contribution in [0, 0.1) is 11.8 Å². The van der Waals surface area contributed by atoms with E-state index < -0.39 is 65.8 Å². The number of aryl methyl sites for hydroxylation is 1. The van der Waals surface area contributed by atoms with E-state index >= 15 is 4.79 Å². The number of hydrogen-bond acceptors (Lipinski definition) is 10. The number of hydrogen-bond donors (Lipinski definition) is 7. The van der Waals surface area contributed by atoms with E-state index in [-0.39, 0.29) is 54.0 Å². The number of carboxylic acid groups (broad SMARTS) is 1. The van der Waals surface area contributed by atoms with Crippen molar-refractivity contribution in [3.63, 3.8) is 0 Å². The van der Waals surface area contributed by atoms with Crippen LogP contribution in [0.1, 0.15) is 88.9 Å². The zero-order valence-electron chi connectivity index (χ0n) is 32.5. The third-order valence-corrected chi connectivity index (χ3v) is 9.01. The number of nitrogens with zero attached hydrogens (tertiary/aromatic N) is 3. The molecule has 1 heterocycles. The molecule has 16 nitrogen and oxygen atoms in total. The lowest BCUT2D eigenvalue weighted by atomic mass is 9.88. The number of aromatic nitrogens is 1. The molecule has 1 aromatic heterocycles. The summed E-state index contributed by atoms with van der Waals surface area (Å²) in [6.07, 6.45) is -0.0740. The Bertz CT molecular complexity index is 1910. The molecule has 0 radical (unpaired) electrons. The number of guanidine groups is 1. The predicted molar refractivity (Wildman–Crippen MR) is 210 cm³/mol.